The predicted octanol–water partition coefficient (Wildman–Crippen LogP) is 2.40. The second kappa shape index (κ2) is 7.34. The van der Waals surface area contributed by atoms with Gasteiger partial charge in [-0.25, -0.2) is 4.79 Å². The molecule has 0 aliphatic carbocycles. The van der Waals surface area contributed by atoms with E-state index in [0.717, 1.165) is 10.4 Å². The van der Waals surface area contributed by atoms with Crippen molar-refractivity contribution in [2.45, 2.75) is 19.1 Å². The molecule has 0 radical (unpaired) electrons. The number of urea groups is 1. The van der Waals surface area contributed by atoms with Gasteiger partial charge in [0, 0.05) is 11.4 Å². The normalized spacial score (nSPS) is 13.6. The lowest BCUT2D eigenvalue weighted by Crippen LogP contribution is -2.35. The summed E-state index contributed by atoms with van der Waals surface area (Å²) in [6, 6.07) is 9.02. The molecule has 23 heavy (non-hydrogen) atoms. The van der Waals surface area contributed by atoms with Crippen LogP contribution in [0.5, 0.6) is 11.5 Å². The van der Waals surface area contributed by atoms with E-state index >= 15 is 0 Å². The number of nitrogens with one attached hydrogen (secondary N) is 2. The standard InChI is InChI=1S/C16H18N2O4S/c19-13(11-3-4-14-15(8-11)22-10-21-14)5-6-17-16(20)18-9-12-2-1-7-23-12/h1-4,7-8,13,19H,5-6,9-10H2,(H2,17,18,20)/t13-/m0/s1. The van der Waals surface area contributed by atoms with Gasteiger partial charge in [0.15, 0.2) is 11.5 Å². The van der Waals surface area contributed by atoms with Crippen LogP contribution in [0.3, 0.4) is 0 Å². The second-order valence-electron chi connectivity index (χ2n) is 5.11. The Balaban J connectivity index is 1.40. The summed E-state index contributed by atoms with van der Waals surface area (Å²) in [5, 5.41) is 17.7. The van der Waals surface area contributed by atoms with Crippen molar-refractivity contribution in [3.63, 3.8) is 0 Å². The molecule has 2 aromatic rings. The Morgan fingerprint density at radius 2 is 2.13 bits per heavy atom. The minimum absolute atomic E-state index is 0.209. The van der Waals surface area contributed by atoms with Gasteiger partial charge in [0.25, 0.3) is 0 Å². The first-order valence-electron chi connectivity index (χ1n) is 7.34. The zero-order chi connectivity index (χ0) is 16.1. The van der Waals surface area contributed by atoms with Crippen molar-refractivity contribution in [1.82, 2.24) is 10.6 Å². The molecule has 2 amide bonds. The number of hydrogen-bond donors (Lipinski definition) is 3. The maximum atomic E-state index is 11.7. The van der Waals surface area contributed by atoms with Crippen molar-refractivity contribution < 1.29 is 19.4 Å². The molecule has 2 heterocycles. The highest BCUT2D eigenvalue weighted by atomic mass is 32.1. The SMILES string of the molecule is O=C(NCC[C@H](O)c1ccc2c(c1)OCO2)NCc1cccs1. The van der Waals surface area contributed by atoms with Gasteiger partial charge in [-0.1, -0.05) is 12.1 Å². The molecular weight excluding hydrogens is 316 g/mol. The van der Waals surface area contributed by atoms with Crippen LogP contribution in [0.2, 0.25) is 0 Å². The van der Waals surface area contributed by atoms with E-state index in [-0.39, 0.29) is 12.8 Å². The lowest BCUT2D eigenvalue weighted by atomic mass is 10.1. The molecule has 1 aliphatic heterocycles. The zero-order valence-corrected chi connectivity index (χ0v) is 13.3. The largest absolute Gasteiger partial charge is 0.454 e. The molecular formula is C16H18N2O4S. The van der Waals surface area contributed by atoms with Crippen molar-refractivity contribution >= 4 is 17.4 Å². The minimum Gasteiger partial charge on any atom is -0.454 e. The van der Waals surface area contributed by atoms with Crippen LogP contribution in [0.1, 0.15) is 23.0 Å². The van der Waals surface area contributed by atoms with Crippen LogP contribution in [0.15, 0.2) is 35.7 Å². The number of fused-ring (bicyclic) bond motifs is 1. The third-order valence-corrected chi connectivity index (χ3v) is 4.36. The molecule has 122 valence electrons. The molecule has 0 fully saturated rings. The van der Waals surface area contributed by atoms with Gasteiger partial charge in [-0.2, -0.15) is 0 Å². The first kappa shape index (κ1) is 15.6. The number of benzene rings is 1. The Hall–Kier alpha value is -2.25. The van der Waals surface area contributed by atoms with Gasteiger partial charge in [-0.3, -0.25) is 0 Å². The Labute approximate surface area is 138 Å². The van der Waals surface area contributed by atoms with Crippen LogP contribution < -0.4 is 20.1 Å². The Morgan fingerprint density at radius 3 is 2.96 bits per heavy atom. The molecule has 1 atom stereocenters. The number of thiophene rings is 1. The van der Waals surface area contributed by atoms with E-state index < -0.39 is 6.10 Å². The Morgan fingerprint density at radius 1 is 1.26 bits per heavy atom. The lowest BCUT2D eigenvalue weighted by molar-refractivity contribution is 0.165. The van der Waals surface area contributed by atoms with E-state index in [9.17, 15) is 9.90 Å². The van der Waals surface area contributed by atoms with Gasteiger partial charge >= 0.3 is 6.03 Å². The van der Waals surface area contributed by atoms with E-state index in [1.165, 1.54) is 0 Å². The molecule has 0 saturated carbocycles. The minimum atomic E-state index is -0.665. The van der Waals surface area contributed by atoms with Crippen LogP contribution in [-0.2, 0) is 6.54 Å². The molecule has 3 N–H and O–H groups in total. The van der Waals surface area contributed by atoms with Gasteiger partial charge < -0.3 is 25.2 Å². The maximum Gasteiger partial charge on any atom is 0.315 e. The van der Waals surface area contributed by atoms with Crippen LogP contribution in [0.4, 0.5) is 4.79 Å². The summed E-state index contributed by atoms with van der Waals surface area (Å²) in [5.41, 5.74) is 0.745. The van der Waals surface area contributed by atoms with E-state index in [0.29, 0.717) is 31.0 Å². The fraction of sp³-hybridized carbons (Fsp3) is 0.312. The predicted molar refractivity (Wildman–Crippen MR) is 86.7 cm³/mol. The first-order valence-corrected chi connectivity index (χ1v) is 8.22. The highest BCUT2D eigenvalue weighted by Gasteiger charge is 2.16. The Kier molecular flexibility index (Phi) is 4.99. The molecule has 0 bridgehead atoms. The van der Waals surface area contributed by atoms with Crippen LogP contribution in [0.25, 0.3) is 0 Å². The molecule has 6 nitrogen and oxygen atoms in total. The van der Waals surface area contributed by atoms with Crippen molar-refractivity contribution in [1.29, 1.82) is 0 Å². The monoisotopic (exact) mass is 334 g/mol. The van der Waals surface area contributed by atoms with Gasteiger partial charge in [-0.05, 0) is 35.6 Å². The maximum absolute atomic E-state index is 11.7. The summed E-state index contributed by atoms with van der Waals surface area (Å²) < 4.78 is 10.5. The van der Waals surface area contributed by atoms with Gasteiger partial charge in [0.2, 0.25) is 6.79 Å². The van der Waals surface area contributed by atoms with E-state index in [2.05, 4.69) is 10.6 Å². The molecule has 0 unspecified atom stereocenters. The Bertz CT molecular complexity index is 660. The molecule has 1 aliphatic rings. The summed E-state index contributed by atoms with van der Waals surface area (Å²) in [6.45, 7) is 1.10. The number of aliphatic hydroxyl groups is 1. The third kappa shape index (κ3) is 4.14. The van der Waals surface area contributed by atoms with Gasteiger partial charge in [-0.15, -0.1) is 11.3 Å². The summed E-state index contributed by atoms with van der Waals surface area (Å²) in [4.78, 5) is 12.8. The number of aliphatic hydroxyl groups excluding tert-OH is 1. The highest BCUT2D eigenvalue weighted by molar-refractivity contribution is 7.09. The first-order chi connectivity index (χ1) is 11.2. The summed E-state index contributed by atoms with van der Waals surface area (Å²) in [7, 11) is 0. The molecule has 3 rings (SSSR count). The van der Waals surface area contributed by atoms with Crippen molar-refractivity contribution in [2.24, 2.45) is 0 Å². The second-order valence-corrected chi connectivity index (χ2v) is 6.14. The number of amides is 2. The average molecular weight is 334 g/mol. The molecule has 7 heteroatoms. The smallest absolute Gasteiger partial charge is 0.315 e. The molecule has 1 aromatic carbocycles. The summed E-state index contributed by atoms with van der Waals surface area (Å²) in [6.07, 6.45) is -0.242. The third-order valence-electron chi connectivity index (χ3n) is 3.49. The zero-order valence-electron chi connectivity index (χ0n) is 12.5. The molecule has 1 aromatic heterocycles. The fourth-order valence-electron chi connectivity index (χ4n) is 2.25. The van der Waals surface area contributed by atoms with Crippen molar-refractivity contribution in [3.8, 4) is 11.5 Å². The number of hydrogen-bond acceptors (Lipinski definition) is 5. The van der Waals surface area contributed by atoms with Gasteiger partial charge in [0.05, 0.1) is 12.6 Å². The highest BCUT2D eigenvalue weighted by Crippen LogP contribution is 2.34. The van der Waals surface area contributed by atoms with Crippen molar-refractivity contribution in [2.75, 3.05) is 13.3 Å². The topological polar surface area (TPSA) is 79.8 Å². The summed E-state index contributed by atoms with van der Waals surface area (Å²) in [5.74, 6) is 1.33. The van der Waals surface area contributed by atoms with Crippen molar-refractivity contribution in [3.05, 3.63) is 46.2 Å². The number of carbonyl (C=O) groups is 1. The summed E-state index contributed by atoms with van der Waals surface area (Å²) >= 11 is 1.60. The molecule has 0 saturated heterocycles. The van der Waals surface area contributed by atoms with E-state index in [1.807, 2.05) is 17.5 Å². The van der Waals surface area contributed by atoms with Gasteiger partial charge in [0.1, 0.15) is 0 Å². The average Bonchev–Trinajstić information content (AvgIpc) is 3.23. The number of ether oxygens (including phenoxy) is 2. The fourth-order valence-corrected chi connectivity index (χ4v) is 2.90. The van der Waals surface area contributed by atoms with E-state index in [4.69, 9.17) is 9.47 Å². The van der Waals surface area contributed by atoms with Crippen LogP contribution >= 0.6 is 11.3 Å². The molecule has 0 spiro atoms. The quantitative estimate of drug-likeness (QED) is 0.758. The van der Waals surface area contributed by atoms with Crippen LogP contribution in [0, 0.1) is 0 Å². The van der Waals surface area contributed by atoms with E-state index in [1.54, 1.807) is 29.5 Å². The number of carbonyl (C=O) groups excluding carboxylic acids is 1. The number of rotatable bonds is 6. The lowest BCUT2D eigenvalue weighted by Gasteiger charge is -2.12. The van der Waals surface area contributed by atoms with Crippen LogP contribution in [-0.4, -0.2) is 24.5 Å².